The second-order valence-corrected chi connectivity index (χ2v) is 6.38. The standard InChI is InChI=1S/C17H27N5O/c1-15-18-5-10-22(15)13-16-3-7-20(8-4-16)14-17-19-6-9-21(17)11-12-23-2/h5-6,9-10,16H,3-4,7-8,11-14H2,1-2H3. The molecule has 1 saturated heterocycles. The van der Waals surface area contributed by atoms with E-state index >= 15 is 0 Å². The van der Waals surface area contributed by atoms with E-state index in [9.17, 15) is 0 Å². The highest BCUT2D eigenvalue weighted by Gasteiger charge is 2.21. The molecule has 2 aromatic rings. The lowest BCUT2D eigenvalue weighted by Crippen LogP contribution is -2.35. The second kappa shape index (κ2) is 7.75. The van der Waals surface area contributed by atoms with Crippen LogP contribution >= 0.6 is 0 Å². The van der Waals surface area contributed by atoms with Crippen LogP contribution in [0.4, 0.5) is 0 Å². The fourth-order valence-electron chi connectivity index (χ4n) is 3.29. The van der Waals surface area contributed by atoms with Gasteiger partial charge in [-0.25, -0.2) is 9.97 Å². The van der Waals surface area contributed by atoms with E-state index < -0.39 is 0 Å². The predicted molar refractivity (Wildman–Crippen MR) is 89.1 cm³/mol. The summed E-state index contributed by atoms with van der Waals surface area (Å²) in [5.41, 5.74) is 0. The van der Waals surface area contributed by atoms with Crippen LogP contribution in [0.5, 0.6) is 0 Å². The molecule has 0 aromatic carbocycles. The number of aromatic nitrogens is 4. The Morgan fingerprint density at radius 2 is 1.87 bits per heavy atom. The molecular formula is C17H27N5O. The Morgan fingerprint density at radius 3 is 2.57 bits per heavy atom. The Balaban J connectivity index is 1.48. The van der Waals surface area contributed by atoms with E-state index in [4.69, 9.17) is 4.74 Å². The van der Waals surface area contributed by atoms with Crippen LogP contribution in [0.3, 0.4) is 0 Å². The molecule has 1 fully saturated rings. The molecule has 3 rings (SSSR count). The maximum atomic E-state index is 5.16. The molecule has 1 aliphatic heterocycles. The smallest absolute Gasteiger partial charge is 0.122 e. The topological polar surface area (TPSA) is 48.1 Å². The molecule has 23 heavy (non-hydrogen) atoms. The molecule has 1 aliphatic rings. The van der Waals surface area contributed by atoms with Gasteiger partial charge in [0.1, 0.15) is 11.6 Å². The minimum atomic E-state index is 0.732. The number of hydrogen-bond donors (Lipinski definition) is 0. The fourth-order valence-corrected chi connectivity index (χ4v) is 3.29. The van der Waals surface area contributed by atoms with Crippen molar-refractivity contribution < 1.29 is 4.74 Å². The van der Waals surface area contributed by atoms with Gasteiger partial charge >= 0.3 is 0 Å². The molecule has 0 N–H and O–H groups in total. The number of imidazole rings is 2. The number of ether oxygens (including phenoxy) is 1. The van der Waals surface area contributed by atoms with Crippen LogP contribution in [-0.4, -0.2) is 50.8 Å². The van der Waals surface area contributed by atoms with Gasteiger partial charge in [-0.15, -0.1) is 0 Å². The largest absolute Gasteiger partial charge is 0.383 e. The maximum absolute atomic E-state index is 5.16. The average Bonchev–Trinajstić information content (AvgIpc) is 3.17. The summed E-state index contributed by atoms with van der Waals surface area (Å²) in [6.45, 7) is 8.02. The third kappa shape index (κ3) is 4.20. The molecule has 0 spiro atoms. The summed E-state index contributed by atoms with van der Waals surface area (Å²) in [6, 6.07) is 0. The van der Waals surface area contributed by atoms with Crippen LogP contribution < -0.4 is 0 Å². The number of piperidine rings is 1. The van der Waals surface area contributed by atoms with Crippen LogP contribution in [0.25, 0.3) is 0 Å². The van der Waals surface area contributed by atoms with Crippen molar-refractivity contribution in [2.45, 2.75) is 39.4 Å². The lowest BCUT2D eigenvalue weighted by molar-refractivity contribution is 0.157. The third-order valence-electron chi connectivity index (χ3n) is 4.79. The minimum Gasteiger partial charge on any atom is -0.383 e. The van der Waals surface area contributed by atoms with E-state index in [0.29, 0.717) is 0 Å². The molecule has 0 amide bonds. The predicted octanol–water partition coefficient (Wildman–Crippen LogP) is 1.95. The normalized spacial score (nSPS) is 17.0. The van der Waals surface area contributed by atoms with Gasteiger partial charge in [0, 0.05) is 45.0 Å². The first-order valence-corrected chi connectivity index (χ1v) is 8.45. The van der Waals surface area contributed by atoms with E-state index in [1.54, 1.807) is 7.11 Å². The summed E-state index contributed by atoms with van der Waals surface area (Å²) >= 11 is 0. The molecule has 2 aromatic heterocycles. The molecule has 0 aliphatic carbocycles. The van der Waals surface area contributed by atoms with Crippen molar-refractivity contribution in [2.24, 2.45) is 5.92 Å². The Hall–Kier alpha value is -1.66. The first-order chi connectivity index (χ1) is 11.3. The van der Waals surface area contributed by atoms with E-state index in [0.717, 1.165) is 56.9 Å². The molecule has 3 heterocycles. The van der Waals surface area contributed by atoms with Crippen LogP contribution in [0.2, 0.25) is 0 Å². The molecule has 0 radical (unpaired) electrons. The van der Waals surface area contributed by atoms with Gasteiger partial charge in [0.05, 0.1) is 13.2 Å². The summed E-state index contributed by atoms with van der Waals surface area (Å²) < 4.78 is 9.64. The zero-order valence-corrected chi connectivity index (χ0v) is 14.2. The molecule has 0 atom stereocenters. The van der Waals surface area contributed by atoms with E-state index in [1.807, 2.05) is 18.6 Å². The molecule has 126 valence electrons. The number of aryl methyl sites for hydroxylation is 1. The number of rotatable bonds is 7. The Morgan fingerprint density at radius 1 is 1.13 bits per heavy atom. The summed E-state index contributed by atoms with van der Waals surface area (Å²) in [7, 11) is 1.74. The highest BCUT2D eigenvalue weighted by Crippen LogP contribution is 2.21. The summed E-state index contributed by atoms with van der Waals surface area (Å²) in [5.74, 6) is 3.02. The van der Waals surface area contributed by atoms with Gasteiger partial charge in [0.15, 0.2) is 0 Å². The fraction of sp³-hybridized carbons (Fsp3) is 0.647. The number of hydrogen-bond acceptors (Lipinski definition) is 4. The zero-order chi connectivity index (χ0) is 16.1. The number of nitrogens with zero attached hydrogens (tertiary/aromatic N) is 5. The van der Waals surface area contributed by atoms with Gasteiger partial charge < -0.3 is 13.9 Å². The molecule has 0 saturated carbocycles. The van der Waals surface area contributed by atoms with Crippen molar-refractivity contribution in [3.63, 3.8) is 0 Å². The Kier molecular flexibility index (Phi) is 5.46. The van der Waals surface area contributed by atoms with Crippen molar-refractivity contribution in [1.29, 1.82) is 0 Å². The average molecular weight is 317 g/mol. The van der Waals surface area contributed by atoms with Crippen molar-refractivity contribution in [3.8, 4) is 0 Å². The second-order valence-electron chi connectivity index (χ2n) is 6.38. The van der Waals surface area contributed by atoms with Crippen molar-refractivity contribution in [2.75, 3.05) is 26.8 Å². The lowest BCUT2D eigenvalue weighted by Gasteiger charge is -2.32. The van der Waals surface area contributed by atoms with E-state index in [1.165, 1.54) is 12.8 Å². The first-order valence-electron chi connectivity index (χ1n) is 8.45. The highest BCUT2D eigenvalue weighted by molar-refractivity contribution is 4.94. The van der Waals surface area contributed by atoms with Crippen LogP contribution in [0.15, 0.2) is 24.8 Å². The molecular weight excluding hydrogens is 290 g/mol. The van der Waals surface area contributed by atoms with Gasteiger partial charge in [-0.3, -0.25) is 4.90 Å². The van der Waals surface area contributed by atoms with Crippen molar-refractivity contribution in [1.82, 2.24) is 24.0 Å². The summed E-state index contributed by atoms with van der Waals surface area (Å²) in [6.07, 6.45) is 10.4. The van der Waals surface area contributed by atoms with Crippen molar-refractivity contribution >= 4 is 0 Å². The van der Waals surface area contributed by atoms with Crippen molar-refractivity contribution in [3.05, 3.63) is 36.4 Å². The van der Waals surface area contributed by atoms with Crippen LogP contribution in [0.1, 0.15) is 24.5 Å². The lowest BCUT2D eigenvalue weighted by atomic mass is 9.96. The van der Waals surface area contributed by atoms with Gasteiger partial charge in [0.2, 0.25) is 0 Å². The summed E-state index contributed by atoms with van der Waals surface area (Å²) in [5, 5.41) is 0. The number of methoxy groups -OCH3 is 1. The molecule has 0 unspecified atom stereocenters. The zero-order valence-electron chi connectivity index (χ0n) is 14.2. The van der Waals surface area contributed by atoms with E-state index in [-0.39, 0.29) is 0 Å². The summed E-state index contributed by atoms with van der Waals surface area (Å²) in [4.78, 5) is 11.3. The monoisotopic (exact) mass is 317 g/mol. The first kappa shape index (κ1) is 16.2. The molecule has 6 nitrogen and oxygen atoms in total. The van der Waals surface area contributed by atoms with Gasteiger partial charge in [-0.1, -0.05) is 0 Å². The van der Waals surface area contributed by atoms with Crippen LogP contribution in [0, 0.1) is 12.8 Å². The van der Waals surface area contributed by atoms with E-state index in [2.05, 4.69) is 37.1 Å². The van der Waals surface area contributed by atoms with Gasteiger partial charge in [-0.05, 0) is 38.8 Å². The molecule has 0 bridgehead atoms. The molecule has 6 heteroatoms. The highest BCUT2D eigenvalue weighted by atomic mass is 16.5. The Bertz CT molecular complexity index is 598. The quantitative estimate of drug-likeness (QED) is 0.783. The minimum absolute atomic E-state index is 0.732. The maximum Gasteiger partial charge on any atom is 0.122 e. The SMILES string of the molecule is COCCn1ccnc1CN1CCC(Cn2ccnc2C)CC1. The Labute approximate surface area is 138 Å². The van der Waals surface area contributed by atoms with Crippen LogP contribution in [-0.2, 0) is 24.4 Å². The van der Waals surface area contributed by atoms with Gasteiger partial charge in [0.25, 0.3) is 0 Å². The number of likely N-dealkylation sites (tertiary alicyclic amines) is 1. The third-order valence-corrected chi connectivity index (χ3v) is 4.79. The van der Waals surface area contributed by atoms with Gasteiger partial charge in [-0.2, -0.15) is 0 Å².